The molecule has 0 aliphatic rings. The van der Waals surface area contributed by atoms with Crippen LogP contribution in [0.4, 0.5) is 5.69 Å². The van der Waals surface area contributed by atoms with Crippen molar-refractivity contribution in [2.45, 2.75) is 27.3 Å². The fourth-order valence-electron chi connectivity index (χ4n) is 2.64. The Labute approximate surface area is 124 Å². The third kappa shape index (κ3) is 2.49. The Kier molecular flexibility index (Phi) is 3.37. The summed E-state index contributed by atoms with van der Waals surface area (Å²) in [6, 6.07) is 10.4. The van der Waals surface area contributed by atoms with Gasteiger partial charge in [-0.3, -0.25) is 9.67 Å². The Balaban J connectivity index is 1.93. The van der Waals surface area contributed by atoms with Crippen LogP contribution >= 0.6 is 0 Å². The number of benzene rings is 1. The van der Waals surface area contributed by atoms with Gasteiger partial charge in [-0.2, -0.15) is 5.10 Å². The first-order valence-electron chi connectivity index (χ1n) is 7.15. The van der Waals surface area contributed by atoms with Crippen molar-refractivity contribution in [3.8, 4) is 0 Å². The van der Waals surface area contributed by atoms with Gasteiger partial charge in [-0.25, -0.2) is 0 Å². The second-order valence-corrected chi connectivity index (χ2v) is 5.46. The quantitative estimate of drug-likeness (QED) is 0.798. The zero-order chi connectivity index (χ0) is 15.0. The average molecular weight is 280 g/mol. The van der Waals surface area contributed by atoms with Gasteiger partial charge in [0.25, 0.3) is 0 Å². The van der Waals surface area contributed by atoms with Gasteiger partial charge in [0.2, 0.25) is 0 Å². The van der Waals surface area contributed by atoms with Gasteiger partial charge in [0.05, 0.1) is 16.9 Å². The first-order valence-corrected chi connectivity index (χ1v) is 7.15. The number of para-hydroxylation sites is 1. The van der Waals surface area contributed by atoms with Crippen LogP contribution in [0.2, 0.25) is 0 Å². The molecule has 108 valence electrons. The Hall–Kier alpha value is -2.36. The highest BCUT2D eigenvalue weighted by molar-refractivity contribution is 5.90. The van der Waals surface area contributed by atoms with E-state index in [1.165, 1.54) is 11.3 Å². The molecule has 1 aromatic carbocycles. The maximum Gasteiger partial charge on any atom is 0.0936 e. The maximum atomic E-state index is 4.65. The summed E-state index contributed by atoms with van der Waals surface area (Å²) in [5.41, 5.74) is 6.65. The fourth-order valence-corrected chi connectivity index (χ4v) is 2.64. The van der Waals surface area contributed by atoms with Gasteiger partial charge in [0.15, 0.2) is 0 Å². The first kappa shape index (κ1) is 13.6. The molecule has 0 saturated carbocycles. The van der Waals surface area contributed by atoms with Gasteiger partial charge in [0, 0.05) is 35.9 Å². The Morgan fingerprint density at radius 1 is 1.10 bits per heavy atom. The van der Waals surface area contributed by atoms with E-state index in [0.29, 0.717) is 0 Å². The topological polar surface area (TPSA) is 42.7 Å². The first-order chi connectivity index (χ1) is 10.1. The number of nitrogens with one attached hydrogen (secondary N) is 1. The molecule has 21 heavy (non-hydrogen) atoms. The van der Waals surface area contributed by atoms with Gasteiger partial charge >= 0.3 is 0 Å². The van der Waals surface area contributed by atoms with Gasteiger partial charge in [-0.05, 0) is 32.9 Å². The monoisotopic (exact) mass is 280 g/mol. The highest BCUT2D eigenvalue weighted by Gasteiger charge is 2.10. The van der Waals surface area contributed by atoms with Crippen molar-refractivity contribution in [1.29, 1.82) is 0 Å². The van der Waals surface area contributed by atoms with E-state index in [1.807, 2.05) is 24.7 Å². The molecule has 2 aromatic heterocycles. The molecule has 0 spiro atoms. The fraction of sp³-hybridized carbons (Fsp3) is 0.294. The van der Waals surface area contributed by atoms with Crippen LogP contribution < -0.4 is 5.32 Å². The van der Waals surface area contributed by atoms with Gasteiger partial charge in [0.1, 0.15) is 0 Å². The van der Waals surface area contributed by atoms with Crippen LogP contribution in [0.15, 0.2) is 30.3 Å². The van der Waals surface area contributed by atoms with E-state index < -0.39 is 0 Å². The third-order valence-corrected chi connectivity index (χ3v) is 3.97. The van der Waals surface area contributed by atoms with Crippen molar-refractivity contribution in [1.82, 2.24) is 14.8 Å². The van der Waals surface area contributed by atoms with Crippen molar-refractivity contribution in [3.63, 3.8) is 0 Å². The molecular formula is C17H20N4. The van der Waals surface area contributed by atoms with Crippen LogP contribution in [0.25, 0.3) is 10.9 Å². The summed E-state index contributed by atoms with van der Waals surface area (Å²) in [6.45, 7) is 6.93. The number of fused-ring (bicyclic) bond motifs is 1. The molecule has 0 saturated heterocycles. The molecule has 4 heteroatoms. The van der Waals surface area contributed by atoms with E-state index in [4.69, 9.17) is 0 Å². The molecule has 3 aromatic rings. The molecular weight excluding hydrogens is 260 g/mol. The van der Waals surface area contributed by atoms with Crippen LogP contribution in [-0.2, 0) is 13.6 Å². The van der Waals surface area contributed by atoms with Crippen molar-refractivity contribution < 1.29 is 0 Å². The van der Waals surface area contributed by atoms with E-state index in [0.717, 1.165) is 34.5 Å². The molecule has 0 unspecified atom stereocenters. The Bertz CT molecular complexity index is 802. The summed E-state index contributed by atoms with van der Waals surface area (Å²) in [6.07, 6.45) is 0. The van der Waals surface area contributed by atoms with Crippen molar-refractivity contribution >= 4 is 16.6 Å². The van der Waals surface area contributed by atoms with Gasteiger partial charge < -0.3 is 5.32 Å². The predicted octanol–water partition coefficient (Wildman–Crippen LogP) is 3.51. The number of hydrogen-bond donors (Lipinski definition) is 1. The number of hydrogen-bond acceptors (Lipinski definition) is 3. The summed E-state index contributed by atoms with van der Waals surface area (Å²) < 4.78 is 1.93. The van der Waals surface area contributed by atoms with Crippen LogP contribution in [0.3, 0.4) is 0 Å². The molecule has 1 N–H and O–H groups in total. The van der Waals surface area contributed by atoms with Crippen molar-refractivity contribution in [3.05, 3.63) is 53.0 Å². The molecule has 2 heterocycles. The molecule has 0 fully saturated rings. The second kappa shape index (κ2) is 5.20. The maximum absolute atomic E-state index is 4.65. The number of anilines is 1. The standard InChI is InChI=1S/C17H20N4/c1-11-8-9-14-6-5-7-16(17(14)19-11)18-10-15-12(2)20-21(4)13(15)3/h5-9,18H,10H2,1-4H3. The smallest absolute Gasteiger partial charge is 0.0936 e. The molecule has 0 amide bonds. The molecule has 3 rings (SSSR count). The van der Waals surface area contributed by atoms with Gasteiger partial charge in [-0.1, -0.05) is 18.2 Å². The number of nitrogens with zero attached hydrogens (tertiary/aromatic N) is 3. The number of rotatable bonds is 3. The summed E-state index contributed by atoms with van der Waals surface area (Å²) >= 11 is 0. The molecule has 4 nitrogen and oxygen atoms in total. The minimum atomic E-state index is 0.764. The zero-order valence-corrected chi connectivity index (χ0v) is 12.9. The van der Waals surface area contributed by atoms with Gasteiger partial charge in [-0.15, -0.1) is 0 Å². The van der Waals surface area contributed by atoms with Crippen LogP contribution in [-0.4, -0.2) is 14.8 Å². The Morgan fingerprint density at radius 2 is 1.90 bits per heavy atom. The lowest BCUT2D eigenvalue weighted by atomic mass is 10.1. The highest BCUT2D eigenvalue weighted by Crippen LogP contribution is 2.23. The highest BCUT2D eigenvalue weighted by atomic mass is 15.3. The second-order valence-electron chi connectivity index (χ2n) is 5.46. The largest absolute Gasteiger partial charge is 0.379 e. The van der Waals surface area contributed by atoms with Crippen molar-refractivity contribution in [2.75, 3.05) is 5.32 Å². The molecule has 0 aliphatic heterocycles. The summed E-state index contributed by atoms with van der Waals surface area (Å²) in [4.78, 5) is 4.65. The molecule has 0 bridgehead atoms. The molecule has 0 atom stereocenters. The van der Waals surface area contributed by atoms with E-state index in [-0.39, 0.29) is 0 Å². The zero-order valence-electron chi connectivity index (χ0n) is 12.9. The average Bonchev–Trinajstić information content (AvgIpc) is 2.70. The molecule has 0 radical (unpaired) electrons. The minimum absolute atomic E-state index is 0.764. The van der Waals surface area contributed by atoms with E-state index >= 15 is 0 Å². The summed E-state index contributed by atoms with van der Waals surface area (Å²) in [5.74, 6) is 0. The summed E-state index contributed by atoms with van der Waals surface area (Å²) in [5, 5.41) is 9.13. The van der Waals surface area contributed by atoms with Crippen LogP contribution in [0, 0.1) is 20.8 Å². The van der Waals surface area contributed by atoms with E-state index in [1.54, 1.807) is 0 Å². The minimum Gasteiger partial charge on any atom is -0.379 e. The lowest BCUT2D eigenvalue weighted by molar-refractivity contribution is 0.730. The van der Waals surface area contributed by atoms with Crippen molar-refractivity contribution in [2.24, 2.45) is 7.05 Å². The van der Waals surface area contributed by atoms with E-state index in [2.05, 4.69) is 53.5 Å². The van der Waals surface area contributed by atoms with Crippen LogP contribution in [0.5, 0.6) is 0 Å². The predicted molar refractivity (Wildman–Crippen MR) is 86.5 cm³/mol. The SMILES string of the molecule is Cc1ccc2cccc(NCc3c(C)nn(C)c3C)c2n1. The Morgan fingerprint density at radius 3 is 2.62 bits per heavy atom. The summed E-state index contributed by atoms with van der Waals surface area (Å²) in [7, 11) is 1.98. The number of aryl methyl sites for hydroxylation is 3. The normalized spacial score (nSPS) is 11.0. The lowest BCUT2D eigenvalue weighted by Crippen LogP contribution is -2.03. The lowest BCUT2D eigenvalue weighted by Gasteiger charge is -2.10. The third-order valence-electron chi connectivity index (χ3n) is 3.97. The number of aromatic nitrogens is 3. The van der Waals surface area contributed by atoms with Crippen LogP contribution in [0.1, 0.15) is 22.6 Å². The van der Waals surface area contributed by atoms with E-state index in [9.17, 15) is 0 Å². The number of pyridine rings is 1. The molecule has 0 aliphatic carbocycles.